The second-order valence-electron chi connectivity index (χ2n) is 5.78. The quantitative estimate of drug-likeness (QED) is 0.567. The van der Waals surface area contributed by atoms with Crippen LogP contribution in [0, 0.1) is 0 Å². The third kappa shape index (κ3) is 2.62. The Hall–Kier alpha value is -2.93. The summed E-state index contributed by atoms with van der Waals surface area (Å²) in [5.74, 6) is 2.33. The maximum absolute atomic E-state index is 6.04. The lowest BCUT2D eigenvalue weighted by molar-refractivity contribution is 0.0904. The molecule has 0 unspecified atom stereocenters. The number of hydrogen-bond acceptors (Lipinski definition) is 6. The van der Waals surface area contributed by atoms with Crippen molar-refractivity contribution in [3.63, 3.8) is 0 Å². The van der Waals surface area contributed by atoms with E-state index < -0.39 is 0 Å². The Morgan fingerprint density at radius 2 is 1.80 bits per heavy atom. The maximum Gasteiger partial charge on any atom is 0.234 e. The topological polar surface area (TPSA) is 61.5 Å². The smallest absolute Gasteiger partial charge is 0.234 e. The molecule has 0 saturated heterocycles. The average molecular weight is 350 g/mol. The Morgan fingerprint density at radius 3 is 2.68 bits per heavy atom. The second kappa shape index (κ2) is 5.86. The first-order valence-electron chi connectivity index (χ1n) is 8.00. The lowest BCUT2D eigenvalue weighted by Gasteiger charge is -2.24. The van der Waals surface area contributed by atoms with Gasteiger partial charge in [0.05, 0.1) is 0 Å². The van der Waals surface area contributed by atoms with Gasteiger partial charge in [0, 0.05) is 6.42 Å². The molecule has 0 spiro atoms. The Bertz CT molecular complexity index is 1030. The highest BCUT2D eigenvalue weighted by Crippen LogP contribution is 2.36. The minimum Gasteiger partial charge on any atom is -0.485 e. The van der Waals surface area contributed by atoms with Gasteiger partial charge in [0.2, 0.25) is 4.96 Å². The van der Waals surface area contributed by atoms with Gasteiger partial charge in [0.15, 0.2) is 28.4 Å². The molecule has 1 aliphatic heterocycles. The van der Waals surface area contributed by atoms with E-state index in [1.165, 1.54) is 16.9 Å². The first-order chi connectivity index (χ1) is 12.4. The van der Waals surface area contributed by atoms with Crippen LogP contribution in [0.1, 0.15) is 22.5 Å². The van der Waals surface area contributed by atoms with Crippen LogP contribution < -0.4 is 9.47 Å². The van der Waals surface area contributed by atoms with Gasteiger partial charge in [-0.1, -0.05) is 53.8 Å². The molecular formula is C18H14N4O2S. The number of benzene rings is 2. The SMILES string of the molecule is c1ccc(Cc2nnc3sc([C@H]4COc5ccccc5O4)nn23)cc1. The molecule has 0 N–H and O–H groups in total. The molecular weight excluding hydrogens is 336 g/mol. The van der Waals surface area contributed by atoms with Gasteiger partial charge in [-0.05, 0) is 17.7 Å². The minimum absolute atomic E-state index is 0.230. The van der Waals surface area contributed by atoms with Gasteiger partial charge in [-0.2, -0.15) is 9.61 Å². The molecule has 0 fully saturated rings. The van der Waals surface area contributed by atoms with Crippen LogP contribution in [0.15, 0.2) is 54.6 Å². The maximum atomic E-state index is 6.04. The molecule has 7 heteroatoms. The van der Waals surface area contributed by atoms with Gasteiger partial charge in [-0.3, -0.25) is 0 Å². The van der Waals surface area contributed by atoms with Crippen LogP contribution in [-0.4, -0.2) is 26.4 Å². The summed E-state index contributed by atoms with van der Waals surface area (Å²) < 4.78 is 13.6. The highest BCUT2D eigenvalue weighted by Gasteiger charge is 2.26. The zero-order valence-electron chi connectivity index (χ0n) is 13.2. The van der Waals surface area contributed by atoms with Crippen molar-refractivity contribution in [3.8, 4) is 11.5 Å². The number of rotatable bonds is 3. The van der Waals surface area contributed by atoms with E-state index in [4.69, 9.17) is 9.47 Å². The summed E-state index contributed by atoms with van der Waals surface area (Å²) in [4.78, 5) is 0.767. The van der Waals surface area contributed by atoms with E-state index in [1.807, 2.05) is 42.5 Å². The normalized spacial score (nSPS) is 16.2. The molecule has 25 heavy (non-hydrogen) atoms. The molecule has 0 saturated carbocycles. The predicted molar refractivity (Wildman–Crippen MR) is 93.2 cm³/mol. The van der Waals surface area contributed by atoms with Gasteiger partial charge in [0.25, 0.3) is 0 Å². The molecule has 0 amide bonds. The van der Waals surface area contributed by atoms with Crippen molar-refractivity contribution in [3.05, 3.63) is 71.0 Å². The van der Waals surface area contributed by atoms with E-state index in [9.17, 15) is 0 Å². The fourth-order valence-electron chi connectivity index (χ4n) is 2.83. The lowest BCUT2D eigenvalue weighted by atomic mass is 10.1. The number of hydrogen-bond donors (Lipinski definition) is 0. The molecule has 124 valence electrons. The Labute approximate surface area is 147 Å². The zero-order valence-corrected chi connectivity index (χ0v) is 14.0. The summed E-state index contributed by atoms with van der Waals surface area (Å²) in [6.07, 6.45) is 0.460. The first kappa shape index (κ1) is 14.4. The number of fused-ring (bicyclic) bond motifs is 2. The first-order valence-corrected chi connectivity index (χ1v) is 8.82. The predicted octanol–water partition coefficient (Wildman–Crippen LogP) is 3.29. The molecule has 0 aliphatic carbocycles. The summed E-state index contributed by atoms with van der Waals surface area (Å²) in [5.41, 5.74) is 1.18. The molecule has 0 radical (unpaired) electrons. The lowest BCUT2D eigenvalue weighted by Crippen LogP contribution is -2.21. The molecule has 0 bridgehead atoms. The highest BCUT2D eigenvalue weighted by atomic mass is 32.1. The fourth-order valence-corrected chi connectivity index (χ4v) is 3.70. The molecule has 6 nitrogen and oxygen atoms in total. The van der Waals surface area contributed by atoms with Crippen LogP contribution in [0.2, 0.25) is 0 Å². The van der Waals surface area contributed by atoms with Crippen molar-refractivity contribution in [2.75, 3.05) is 6.61 Å². The van der Waals surface area contributed by atoms with Crippen molar-refractivity contribution in [1.29, 1.82) is 0 Å². The van der Waals surface area contributed by atoms with Crippen LogP contribution in [0.5, 0.6) is 11.5 Å². The van der Waals surface area contributed by atoms with Gasteiger partial charge in [-0.15, -0.1) is 10.2 Å². The standard InChI is InChI=1S/C18H14N4O2S/c1-2-6-12(7-3-1)10-16-19-20-18-22(16)21-17(25-18)15-11-23-13-8-4-5-9-14(13)24-15/h1-9,15H,10-11H2/t15-/m1/s1. The molecule has 1 atom stereocenters. The number of ether oxygens (including phenoxy) is 2. The van der Waals surface area contributed by atoms with Gasteiger partial charge >= 0.3 is 0 Å². The van der Waals surface area contributed by atoms with Crippen LogP contribution >= 0.6 is 11.3 Å². The van der Waals surface area contributed by atoms with E-state index in [1.54, 1.807) is 4.52 Å². The Morgan fingerprint density at radius 1 is 1.00 bits per heavy atom. The van der Waals surface area contributed by atoms with Crippen LogP contribution in [-0.2, 0) is 6.42 Å². The summed E-state index contributed by atoms with van der Waals surface area (Å²) in [7, 11) is 0. The average Bonchev–Trinajstić information content (AvgIpc) is 3.24. The summed E-state index contributed by atoms with van der Waals surface area (Å²) in [5, 5.41) is 14.0. The number of aromatic nitrogens is 4. The van der Waals surface area contributed by atoms with Crippen LogP contribution in [0.25, 0.3) is 4.96 Å². The van der Waals surface area contributed by atoms with Crippen molar-refractivity contribution in [1.82, 2.24) is 19.8 Å². The highest BCUT2D eigenvalue weighted by molar-refractivity contribution is 7.16. The fraction of sp³-hybridized carbons (Fsp3) is 0.167. The summed E-state index contributed by atoms with van der Waals surface area (Å²) >= 11 is 1.48. The zero-order chi connectivity index (χ0) is 16.6. The van der Waals surface area contributed by atoms with E-state index in [0.717, 1.165) is 27.3 Å². The molecule has 1 aliphatic rings. The largest absolute Gasteiger partial charge is 0.485 e. The van der Waals surface area contributed by atoms with Crippen molar-refractivity contribution >= 4 is 16.3 Å². The molecule has 4 aromatic rings. The van der Waals surface area contributed by atoms with Gasteiger partial charge in [-0.25, -0.2) is 0 Å². The third-order valence-electron chi connectivity index (χ3n) is 4.06. The van der Waals surface area contributed by atoms with E-state index >= 15 is 0 Å². The molecule has 2 aromatic carbocycles. The molecule has 2 aromatic heterocycles. The van der Waals surface area contributed by atoms with Gasteiger partial charge < -0.3 is 9.47 Å². The van der Waals surface area contributed by atoms with E-state index in [0.29, 0.717) is 13.0 Å². The van der Waals surface area contributed by atoms with Crippen LogP contribution in [0.4, 0.5) is 0 Å². The van der Waals surface area contributed by atoms with Crippen LogP contribution in [0.3, 0.4) is 0 Å². The second-order valence-corrected chi connectivity index (χ2v) is 6.77. The van der Waals surface area contributed by atoms with E-state index in [2.05, 4.69) is 27.4 Å². The van der Waals surface area contributed by atoms with Crippen molar-refractivity contribution in [2.24, 2.45) is 0 Å². The van der Waals surface area contributed by atoms with E-state index in [-0.39, 0.29) is 6.10 Å². The summed E-state index contributed by atoms with van der Waals surface area (Å²) in [6, 6.07) is 17.9. The van der Waals surface area contributed by atoms with Crippen molar-refractivity contribution in [2.45, 2.75) is 12.5 Å². The number of nitrogens with zero attached hydrogens (tertiary/aromatic N) is 4. The van der Waals surface area contributed by atoms with Crippen molar-refractivity contribution < 1.29 is 9.47 Å². The summed E-state index contributed by atoms with van der Waals surface area (Å²) in [6.45, 7) is 0.440. The third-order valence-corrected chi connectivity index (χ3v) is 5.05. The Balaban J connectivity index is 1.44. The number of para-hydroxylation sites is 2. The van der Waals surface area contributed by atoms with Gasteiger partial charge in [0.1, 0.15) is 6.61 Å². The molecule has 5 rings (SSSR count). The monoisotopic (exact) mass is 350 g/mol. The Kier molecular flexibility index (Phi) is 3.38. The minimum atomic E-state index is -0.230. The molecule has 3 heterocycles.